The summed E-state index contributed by atoms with van der Waals surface area (Å²) in [6.45, 7) is 0.662. The highest BCUT2D eigenvalue weighted by Gasteiger charge is 2.12. The number of hydrogen-bond acceptors (Lipinski definition) is 5. The van der Waals surface area contributed by atoms with E-state index in [1.807, 2.05) is 52.9 Å². The molecule has 0 saturated carbocycles. The van der Waals surface area contributed by atoms with Crippen LogP contribution in [-0.4, -0.2) is 32.0 Å². The van der Waals surface area contributed by atoms with Gasteiger partial charge in [0.2, 0.25) is 5.65 Å². The Bertz CT molecular complexity index is 1280. The molecule has 0 aliphatic heterocycles. The van der Waals surface area contributed by atoms with Crippen LogP contribution in [0.5, 0.6) is 0 Å². The summed E-state index contributed by atoms with van der Waals surface area (Å²) in [5, 5.41) is 14.6. The normalized spacial score (nSPS) is 13.9. The van der Waals surface area contributed by atoms with Gasteiger partial charge >= 0.3 is 0 Å². The molecular weight excluding hydrogens is 388 g/mol. The number of rotatable bonds is 6. The van der Waals surface area contributed by atoms with Gasteiger partial charge < -0.3 is 10.6 Å². The van der Waals surface area contributed by atoms with Crippen LogP contribution < -0.4 is 10.6 Å². The number of nitrogens with one attached hydrogen (secondary N) is 2. The van der Waals surface area contributed by atoms with Crippen LogP contribution in [-0.2, 0) is 0 Å². The third-order valence-electron chi connectivity index (χ3n) is 5.64. The molecule has 1 aliphatic carbocycles. The van der Waals surface area contributed by atoms with Crippen LogP contribution in [0, 0.1) is 0 Å². The monoisotopic (exact) mass is 412 g/mol. The Hall–Kier alpha value is -3.74. The number of carbonyl (C=O) groups is 1. The van der Waals surface area contributed by atoms with Crippen LogP contribution in [0.1, 0.15) is 42.5 Å². The van der Waals surface area contributed by atoms with E-state index in [0.717, 1.165) is 29.6 Å². The van der Waals surface area contributed by atoms with Crippen LogP contribution in [0.25, 0.3) is 16.7 Å². The minimum Gasteiger partial charge on any atom is -0.352 e. The van der Waals surface area contributed by atoms with Gasteiger partial charge in [0.25, 0.3) is 5.91 Å². The lowest BCUT2D eigenvalue weighted by Crippen LogP contribution is -2.24. The van der Waals surface area contributed by atoms with Crippen LogP contribution in [0.4, 0.5) is 11.5 Å². The maximum atomic E-state index is 12.6. The summed E-state index contributed by atoms with van der Waals surface area (Å²) in [5.74, 6) is 0.525. The van der Waals surface area contributed by atoms with Gasteiger partial charge in [0.05, 0.1) is 11.0 Å². The van der Waals surface area contributed by atoms with Gasteiger partial charge in [-0.25, -0.2) is 4.98 Å². The van der Waals surface area contributed by atoms with Crippen molar-refractivity contribution in [2.24, 2.45) is 0 Å². The van der Waals surface area contributed by atoms with E-state index in [4.69, 9.17) is 4.98 Å². The second-order valence-electron chi connectivity index (χ2n) is 7.79. The first kappa shape index (κ1) is 19.2. The Morgan fingerprint density at radius 2 is 2.03 bits per heavy atom. The number of aromatic nitrogens is 4. The van der Waals surface area contributed by atoms with Crippen molar-refractivity contribution >= 4 is 34.1 Å². The van der Waals surface area contributed by atoms with Gasteiger partial charge in [0, 0.05) is 17.8 Å². The van der Waals surface area contributed by atoms with E-state index in [0.29, 0.717) is 23.6 Å². The number of nitrogens with zero attached hydrogens (tertiary/aromatic N) is 4. The minimum atomic E-state index is -0.0702. The predicted octanol–water partition coefficient (Wildman–Crippen LogP) is 4.64. The summed E-state index contributed by atoms with van der Waals surface area (Å²) < 4.78 is 1.90. The Kier molecular flexibility index (Phi) is 5.31. The molecular formula is C24H24N6O. The summed E-state index contributed by atoms with van der Waals surface area (Å²) in [7, 11) is 0. The highest BCUT2D eigenvalue weighted by Crippen LogP contribution is 2.24. The molecule has 2 heterocycles. The Labute approximate surface area is 180 Å². The molecule has 2 aromatic carbocycles. The molecule has 4 aromatic rings. The molecule has 0 saturated heterocycles. The van der Waals surface area contributed by atoms with Crippen molar-refractivity contribution in [3.8, 4) is 0 Å². The molecule has 0 bridgehead atoms. The fraction of sp³-hybridized carbons (Fsp3) is 0.250. The lowest BCUT2D eigenvalue weighted by Gasteiger charge is -2.13. The van der Waals surface area contributed by atoms with Gasteiger partial charge in [0.15, 0.2) is 5.82 Å². The third kappa shape index (κ3) is 4.12. The highest BCUT2D eigenvalue weighted by atomic mass is 16.1. The van der Waals surface area contributed by atoms with Crippen LogP contribution in [0.2, 0.25) is 0 Å². The largest absolute Gasteiger partial charge is 0.352 e. The van der Waals surface area contributed by atoms with Gasteiger partial charge in [-0.05, 0) is 62.4 Å². The first-order valence-electron chi connectivity index (χ1n) is 10.7. The van der Waals surface area contributed by atoms with Crippen molar-refractivity contribution in [1.29, 1.82) is 0 Å². The average Bonchev–Trinajstić information content (AvgIpc) is 3.31. The molecule has 0 spiro atoms. The maximum Gasteiger partial charge on any atom is 0.251 e. The SMILES string of the molecule is O=C(NCCC1=CCCCC1)c1cccc(Nc2nc3ccccc3n3cnnc23)c1. The van der Waals surface area contributed by atoms with Crippen LogP contribution in [0.3, 0.4) is 0 Å². The quantitative estimate of drug-likeness (QED) is 0.451. The lowest BCUT2D eigenvalue weighted by molar-refractivity contribution is 0.0954. The summed E-state index contributed by atoms with van der Waals surface area (Å²) >= 11 is 0. The first-order valence-corrected chi connectivity index (χ1v) is 10.7. The van der Waals surface area contributed by atoms with E-state index in [9.17, 15) is 4.79 Å². The maximum absolute atomic E-state index is 12.6. The fourth-order valence-corrected chi connectivity index (χ4v) is 4.03. The molecule has 31 heavy (non-hydrogen) atoms. The van der Waals surface area contributed by atoms with Crippen molar-refractivity contribution in [3.63, 3.8) is 0 Å². The summed E-state index contributed by atoms with van der Waals surface area (Å²) in [6, 6.07) is 15.3. The fourth-order valence-electron chi connectivity index (χ4n) is 4.03. The molecule has 2 N–H and O–H groups in total. The number of fused-ring (bicyclic) bond motifs is 3. The summed E-state index contributed by atoms with van der Waals surface area (Å²) in [6.07, 6.45) is 9.79. The third-order valence-corrected chi connectivity index (χ3v) is 5.64. The predicted molar refractivity (Wildman–Crippen MR) is 122 cm³/mol. The molecule has 1 aliphatic rings. The molecule has 2 aromatic heterocycles. The molecule has 0 radical (unpaired) electrons. The molecule has 0 fully saturated rings. The standard InChI is InChI=1S/C24H24N6O/c31-24(25-14-13-17-7-2-1-3-8-17)18-9-6-10-19(15-18)27-22-23-29-26-16-30(23)21-12-5-4-11-20(21)28-22/h4-7,9-12,15-16H,1-3,8,13-14H2,(H,25,31)(H,27,28). The van der Waals surface area contributed by atoms with Crippen molar-refractivity contribution in [3.05, 3.63) is 72.1 Å². The summed E-state index contributed by atoms with van der Waals surface area (Å²) in [5.41, 5.74) is 5.25. The van der Waals surface area contributed by atoms with E-state index in [1.54, 1.807) is 6.33 Å². The topological polar surface area (TPSA) is 84.2 Å². The number of para-hydroxylation sites is 2. The van der Waals surface area contributed by atoms with Gasteiger partial charge in [-0.1, -0.05) is 29.8 Å². The van der Waals surface area contributed by atoms with Gasteiger partial charge in [-0.15, -0.1) is 10.2 Å². The average molecular weight is 412 g/mol. The van der Waals surface area contributed by atoms with E-state index in [1.165, 1.54) is 24.8 Å². The first-order chi connectivity index (χ1) is 15.3. The number of amides is 1. The second kappa shape index (κ2) is 8.55. The van der Waals surface area contributed by atoms with Crippen molar-refractivity contribution in [2.45, 2.75) is 32.1 Å². The van der Waals surface area contributed by atoms with Crippen molar-refractivity contribution in [2.75, 3.05) is 11.9 Å². The van der Waals surface area contributed by atoms with E-state index < -0.39 is 0 Å². The van der Waals surface area contributed by atoms with Crippen LogP contribution >= 0.6 is 0 Å². The molecule has 5 rings (SSSR count). The highest BCUT2D eigenvalue weighted by molar-refractivity contribution is 5.95. The minimum absolute atomic E-state index is 0.0702. The molecule has 0 atom stereocenters. The number of anilines is 2. The molecule has 156 valence electrons. The zero-order chi connectivity index (χ0) is 21.0. The lowest BCUT2D eigenvalue weighted by atomic mass is 9.97. The molecule has 0 unspecified atom stereocenters. The van der Waals surface area contributed by atoms with Gasteiger partial charge in [-0.3, -0.25) is 9.20 Å². The number of carbonyl (C=O) groups excluding carboxylic acids is 1. The summed E-state index contributed by atoms with van der Waals surface area (Å²) in [4.78, 5) is 17.3. The Morgan fingerprint density at radius 1 is 1.10 bits per heavy atom. The Morgan fingerprint density at radius 3 is 2.94 bits per heavy atom. The second-order valence-corrected chi connectivity index (χ2v) is 7.79. The molecule has 7 nitrogen and oxygen atoms in total. The van der Waals surface area contributed by atoms with Crippen LogP contribution in [0.15, 0.2) is 66.5 Å². The van der Waals surface area contributed by atoms with Crippen molar-refractivity contribution in [1.82, 2.24) is 24.9 Å². The van der Waals surface area contributed by atoms with E-state index in [-0.39, 0.29) is 5.91 Å². The zero-order valence-electron chi connectivity index (χ0n) is 17.2. The number of allylic oxidation sites excluding steroid dienone is 1. The number of hydrogen-bond donors (Lipinski definition) is 2. The molecule has 1 amide bonds. The van der Waals surface area contributed by atoms with E-state index >= 15 is 0 Å². The zero-order valence-corrected chi connectivity index (χ0v) is 17.2. The van der Waals surface area contributed by atoms with Gasteiger partial charge in [-0.2, -0.15) is 0 Å². The van der Waals surface area contributed by atoms with E-state index in [2.05, 4.69) is 26.9 Å². The van der Waals surface area contributed by atoms with Crippen molar-refractivity contribution < 1.29 is 4.79 Å². The smallest absolute Gasteiger partial charge is 0.251 e. The van der Waals surface area contributed by atoms with Gasteiger partial charge in [0.1, 0.15) is 6.33 Å². The molecule has 7 heteroatoms. The number of benzene rings is 2. The Balaban J connectivity index is 1.32.